The zero-order chi connectivity index (χ0) is 17.4. The molecule has 0 unspecified atom stereocenters. The third kappa shape index (κ3) is 2.38. The van der Waals surface area contributed by atoms with Crippen molar-refractivity contribution >= 4 is 36.0 Å². The number of carbonyl (C=O) groups is 2. The summed E-state index contributed by atoms with van der Waals surface area (Å²) in [7, 11) is -0.561. The van der Waals surface area contributed by atoms with Gasteiger partial charge in [0.2, 0.25) is 5.90 Å². The summed E-state index contributed by atoms with van der Waals surface area (Å²) in [5.74, 6) is -1.29. The van der Waals surface area contributed by atoms with Crippen molar-refractivity contribution in [2.45, 2.75) is 0 Å². The molecule has 8 heteroatoms. The first-order valence-corrected chi connectivity index (χ1v) is 7.06. The Hall–Kier alpha value is -2.97. The predicted octanol–water partition coefficient (Wildman–Crippen LogP) is 0.139. The molecule has 0 saturated heterocycles. The van der Waals surface area contributed by atoms with E-state index in [4.69, 9.17) is 10.1 Å². The van der Waals surface area contributed by atoms with E-state index in [1.165, 1.54) is 37.4 Å². The molecule has 0 fully saturated rings. The number of benzene rings is 2. The van der Waals surface area contributed by atoms with Crippen LogP contribution in [-0.4, -0.2) is 42.0 Å². The highest BCUT2D eigenvalue weighted by atomic mass is 16.5. The van der Waals surface area contributed by atoms with E-state index in [1.54, 1.807) is 12.1 Å². The number of anilines is 1. The molecular formula is C16H13BN2O5. The van der Waals surface area contributed by atoms with Gasteiger partial charge in [-0.15, -0.1) is 0 Å². The molecule has 3 rings (SSSR count). The molecule has 0 saturated carbocycles. The monoisotopic (exact) mass is 324 g/mol. The number of nitrogens with zero attached hydrogens (tertiary/aromatic N) is 1. The van der Waals surface area contributed by atoms with Gasteiger partial charge in [0.1, 0.15) is 0 Å². The van der Waals surface area contributed by atoms with Gasteiger partial charge in [0.15, 0.2) is 0 Å². The van der Waals surface area contributed by atoms with Crippen LogP contribution >= 0.6 is 0 Å². The van der Waals surface area contributed by atoms with Crippen molar-refractivity contribution in [3.8, 4) is 0 Å². The van der Waals surface area contributed by atoms with Crippen molar-refractivity contribution in [3.05, 3.63) is 59.2 Å². The number of hydrogen-bond acceptors (Lipinski definition) is 6. The van der Waals surface area contributed by atoms with Gasteiger partial charge in [-0.25, -0.2) is 4.90 Å². The van der Waals surface area contributed by atoms with Crippen LogP contribution in [0.15, 0.2) is 42.5 Å². The molecule has 120 valence electrons. The topological polar surface area (TPSA) is 111 Å². The van der Waals surface area contributed by atoms with Crippen LogP contribution in [0.2, 0.25) is 0 Å². The lowest BCUT2D eigenvalue weighted by atomic mass is 9.78. The Kier molecular flexibility index (Phi) is 3.92. The van der Waals surface area contributed by atoms with E-state index in [1.807, 2.05) is 0 Å². The Bertz CT molecular complexity index is 830. The van der Waals surface area contributed by atoms with E-state index in [9.17, 15) is 19.6 Å². The Balaban J connectivity index is 2.17. The maximum atomic E-state index is 12.6. The summed E-state index contributed by atoms with van der Waals surface area (Å²) < 4.78 is 4.84. The summed E-state index contributed by atoms with van der Waals surface area (Å²) in [5.41, 5.74) is 0.780. The SMILES string of the molecule is COC(=N)c1ccc(B(O)O)c(N2C(=O)c3ccccc3C2=O)c1. The fraction of sp³-hybridized carbons (Fsp3) is 0.0625. The maximum Gasteiger partial charge on any atom is 0.490 e. The Labute approximate surface area is 137 Å². The van der Waals surface area contributed by atoms with Crippen LogP contribution in [0.4, 0.5) is 5.69 Å². The zero-order valence-electron chi connectivity index (χ0n) is 12.7. The molecule has 1 heterocycles. The molecule has 0 radical (unpaired) electrons. The van der Waals surface area contributed by atoms with Crippen LogP contribution in [0.5, 0.6) is 0 Å². The number of hydrogen-bond donors (Lipinski definition) is 3. The molecule has 3 N–H and O–H groups in total. The molecular weight excluding hydrogens is 311 g/mol. The number of imide groups is 1. The van der Waals surface area contributed by atoms with Gasteiger partial charge >= 0.3 is 7.12 Å². The number of methoxy groups -OCH3 is 1. The molecule has 0 aromatic heterocycles. The second-order valence-corrected chi connectivity index (χ2v) is 5.17. The maximum absolute atomic E-state index is 12.6. The number of amides is 2. The molecule has 1 aliphatic heterocycles. The minimum Gasteiger partial charge on any atom is -0.481 e. The lowest BCUT2D eigenvalue weighted by Crippen LogP contribution is -2.40. The summed E-state index contributed by atoms with van der Waals surface area (Å²) in [4.78, 5) is 26.1. The van der Waals surface area contributed by atoms with Gasteiger partial charge in [0.05, 0.1) is 23.9 Å². The number of rotatable bonds is 3. The van der Waals surface area contributed by atoms with Crippen LogP contribution in [0, 0.1) is 5.41 Å². The van der Waals surface area contributed by atoms with Gasteiger partial charge in [0, 0.05) is 11.0 Å². The molecule has 2 aromatic carbocycles. The third-order valence-electron chi connectivity index (χ3n) is 3.81. The van der Waals surface area contributed by atoms with Gasteiger partial charge < -0.3 is 14.8 Å². The van der Waals surface area contributed by atoms with E-state index >= 15 is 0 Å². The number of ether oxygens (including phenoxy) is 1. The van der Waals surface area contributed by atoms with E-state index in [-0.39, 0.29) is 28.2 Å². The summed E-state index contributed by atoms with van der Waals surface area (Å²) in [5, 5.41) is 26.8. The quantitative estimate of drug-likeness (QED) is 0.322. The lowest BCUT2D eigenvalue weighted by Gasteiger charge is -2.19. The predicted molar refractivity (Wildman–Crippen MR) is 87.7 cm³/mol. The minimum atomic E-state index is -1.88. The van der Waals surface area contributed by atoms with Gasteiger partial charge in [-0.2, -0.15) is 0 Å². The van der Waals surface area contributed by atoms with E-state index in [2.05, 4.69) is 0 Å². The molecule has 0 bridgehead atoms. The van der Waals surface area contributed by atoms with Gasteiger partial charge in [-0.3, -0.25) is 15.0 Å². The normalized spacial score (nSPS) is 13.0. The van der Waals surface area contributed by atoms with Crippen molar-refractivity contribution in [2.24, 2.45) is 0 Å². The van der Waals surface area contributed by atoms with Crippen molar-refractivity contribution in [2.75, 3.05) is 12.0 Å². The van der Waals surface area contributed by atoms with Crippen molar-refractivity contribution in [1.82, 2.24) is 0 Å². The highest BCUT2D eigenvalue weighted by Gasteiger charge is 2.38. The number of nitrogens with one attached hydrogen (secondary N) is 1. The molecule has 7 nitrogen and oxygen atoms in total. The Morgan fingerprint density at radius 3 is 2.17 bits per heavy atom. The molecule has 2 aromatic rings. The second-order valence-electron chi connectivity index (χ2n) is 5.17. The first-order valence-electron chi connectivity index (χ1n) is 7.06. The second kappa shape index (κ2) is 5.91. The van der Waals surface area contributed by atoms with Gasteiger partial charge in [-0.1, -0.05) is 18.2 Å². The minimum absolute atomic E-state index is 0.00972. The standard InChI is InChI=1S/C16H13BN2O5/c1-24-14(18)9-6-7-12(17(22)23)13(8-9)19-15(20)10-4-2-3-5-11(10)16(19)21/h2-8,18,22-23H,1H3. The molecule has 1 aliphatic rings. The van der Waals surface area contributed by atoms with Crippen LogP contribution in [0.25, 0.3) is 0 Å². The van der Waals surface area contributed by atoms with E-state index in [0.29, 0.717) is 5.56 Å². The Morgan fingerprint density at radius 1 is 1.08 bits per heavy atom. The van der Waals surface area contributed by atoms with Crippen molar-refractivity contribution in [1.29, 1.82) is 5.41 Å². The molecule has 24 heavy (non-hydrogen) atoms. The fourth-order valence-electron chi connectivity index (χ4n) is 2.62. The van der Waals surface area contributed by atoms with Crippen LogP contribution in [-0.2, 0) is 4.74 Å². The average Bonchev–Trinajstić information content (AvgIpc) is 2.85. The van der Waals surface area contributed by atoms with Gasteiger partial charge in [-0.05, 0) is 24.3 Å². The Morgan fingerprint density at radius 2 is 1.67 bits per heavy atom. The third-order valence-corrected chi connectivity index (χ3v) is 3.81. The summed E-state index contributed by atoms with van der Waals surface area (Å²) >= 11 is 0. The first kappa shape index (κ1) is 15.9. The fourth-order valence-corrected chi connectivity index (χ4v) is 2.62. The summed E-state index contributed by atoms with van der Waals surface area (Å²) in [6, 6.07) is 10.5. The highest BCUT2D eigenvalue weighted by Crippen LogP contribution is 2.28. The number of fused-ring (bicyclic) bond motifs is 1. The molecule has 0 atom stereocenters. The molecule has 0 spiro atoms. The van der Waals surface area contributed by atoms with Crippen molar-refractivity contribution < 1.29 is 24.4 Å². The van der Waals surface area contributed by atoms with E-state index < -0.39 is 18.9 Å². The largest absolute Gasteiger partial charge is 0.490 e. The first-order chi connectivity index (χ1) is 11.5. The van der Waals surface area contributed by atoms with Crippen LogP contribution in [0.3, 0.4) is 0 Å². The highest BCUT2D eigenvalue weighted by molar-refractivity contribution is 6.61. The van der Waals surface area contributed by atoms with E-state index in [0.717, 1.165) is 4.90 Å². The van der Waals surface area contributed by atoms with Crippen LogP contribution < -0.4 is 10.4 Å². The van der Waals surface area contributed by atoms with Crippen molar-refractivity contribution in [3.63, 3.8) is 0 Å². The lowest BCUT2D eigenvalue weighted by molar-refractivity contribution is 0.0926. The summed E-state index contributed by atoms with van der Waals surface area (Å²) in [6.07, 6.45) is 0. The smallest absolute Gasteiger partial charge is 0.481 e. The average molecular weight is 324 g/mol. The van der Waals surface area contributed by atoms with Crippen LogP contribution in [0.1, 0.15) is 26.3 Å². The molecule has 2 amide bonds. The van der Waals surface area contributed by atoms with Gasteiger partial charge in [0.25, 0.3) is 11.8 Å². The molecule has 0 aliphatic carbocycles. The zero-order valence-corrected chi connectivity index (χ0v) is 12.7. The summed E-state index contributed by atoms with van der Waals surface area (Å²) in [6.45, 7) is 0. The number of carbonyl (C=O) groups excluding carboxylic acids is 2.